The highest BCUT2D eigenvalue weighted by atomic mass is 16.5. The highest BCUT2D eigenvalue weighted by molar-refractivity contribution is 4.93. The highest BCUT2D eigenvalue weighted by Crippen LogP contribution is 2.20. The van der Waals surface area contributed by atoms with Crippen LogP contribution in [0.3, 0.4) is 0 Å². The Morgan fingerprint density at radius 3 is 2.53 bits per heavy atom. The van der Waals surface area contributed by atoms with Gasteiger partial charge in [-0.25, -0.2) is 0 Å². The summed E-state index contributed by atoms with van der Waals surface area (Å²) in [6.07, 6.45) is 2.55. The average molecular weight is 244 g/mol. The van der Waals surface area contributed by atoms with E-state index in [1.54, 1.807) is 14.2 Å². The topological polar surface area (TPSA) is 33.7 Å². The smallest absolute Gasteiger partial charge is 0.0931 e. The van der Waals surface area contributed by atoms with Crippen molar-refractivity contribution in [2.45, 2.75) is 38.3 Å². The number of nitrogens with one attached hydrogen (secondary N) is 1. The van der Waals surface area contributed by atoms with Crippen LogP contribution < -0.4 is 5.32 Å². The van der Waals surface area contributed by atoms with E-state index in [-0.39, 0.29) is 6.10 Å². The van der Waals surface area contributed by atoms with Gasteiger partial charge in [0.25, 0.3) is 0 Å². The van der Waals surface area contributed by atoms with E-state index in [1.807, 2.05) is 0 Å². The van der Waals surface area contributed by atoms with Crippen LogP contribution in [-0.2, 0) is 9.47 Å². The molecule has 1 fully saturated rings. The zero-order valence-electron chi connectivity index (χ0n) is 11.8. The van der Waals surface area contributed by atoms with Crippen molar-refractivity contribution < 1.29 is 9.47 Å². The van der Waals surface area contributed by atoms with Crippen LogP contribution in [0.25, 0.3) is 0 Å². The standard InChI is InChI=1S/C13H28N2O2/c1-5-13(6-2)11-15(8-7-14-13)9-12(17-4)10-16-3/h12,14H,5-11H2,1-4H3. The summed E-state index contributed by atoms with van der Waals surface area (Å²) >= 11 is 0. The summed E-state index contributed by atoms with van der Waals surface area (Å²) in [5, 5.41) is 3.67. The molecule has 1 saturated heterocycles. The van der Waals surface area contributed by atoms with E-state index in [9.17, 15) is 0 Å². The summed E-state index contributed by atoms with van der Waals surface area (Å²) in [5.41, 5.74) is 0.295. The van der Waals surface area contributed by atoms with Crippen LogP contribution in [0.4, 0.5) is 0 Å². The normalized spacial score (nSPS) is 22.6. The lowest BCUT2D eigenvalue weighted by Crippen LogP contribution is -2.61. The van der Waals surface area contributed by atoms with E-state index in [0.29, 0.717) is 12.1 Å². The zero-order valence-corrected chi connectivity index (χ0v) is 11.8. The molecule has 102 valence electrons. The summed E-state index contributed by atoms with van der Waals surface area (Å²) in [6.45, 7) is 9.46. The van der Waals surface area contributed by atoms with Gasteiger partial charge >= 0.3 is 0 Å². The minimum absolute atomic E-state index is 0.185. The van der Waals surface area contributed by atoms with Gasteiger partial charge in [0.15, 0.2) is 0 Å². The summed E-state index contributed by atoms with van der Waals surface area (Å²) in [7, 11) is 3.49. The van der Waals surface area contributed by atoms with E-state index in [1.165, 1.54) is 12.8 Å². The fourth-order valence-electron chi connectivity index (χ4n) is 2.59. The van der Waals surface area contributed by atoms with Crippen LogP contribution >= 0.6 is 0 Å². The third kappa shape index (κ3) is 4.21. The second kappa shape index (κ2) is 7.31. The minimum Gasteiger partial charge on any atom is -0.382 e. The third-order valence-corrected chi connectivity index (χ3v) is 3.96. The van der Waals surface area contributed by atoms with Crippen LogP contribution in [0.2, 0.25) is 0 Å². The second-order valence-corrected chi connectivity index (χ2v) is 4.96. The maximum absolute atomic E-state index is 5.44. The molecule has 4 nitrogen and oxygen atoms in total. The van der Waals surface area contributed by atoms with Crippen molar-refractivity contribution in [1.29, 1.82) is 0 Å². The summed E-state index contributed by atoms with van der Waals surface area (Å²) in [4.78, 5) is 2.50. The van der Waals surface area contributed by atoms with Gasteiger partial charge in [0.05, 0.1) is 12.7 Å². The number of hydrogen-bond acceptors (Lipinski definition) is 4. The molecular formula is C13H28N2O2. The van der Waals surface area contributed by atoms with E-state index in [0.717, 1.165) is 26.2 Å². The molecule has 17 heavy (non-hydrogen) atoms. The lowest BCUT2D eigenvalue weighted by Gasteiger charge is -2.43. The zero-order chi connectivity index (χ0) is 12.7. The van der Waals surface area contributed by atoms with Gasteiger partial charge in [-0.15, -0.1) is 0 Å². The molecule has 1 heterocycles. The van der Waals surface area contributed by atoms with Crippen molar-refractivity contribution in [2.24, 2.45) is 0 Å². The van der Waals surface area contributed by atoms with Crippen molar-refractivity contribution in [3.63, 3.8) is 0 Å². The molecule has 0 aromatic carbocycles. The SMILES string of the molecule is CCC1(CC)CN(CC(COC)OC)CCN1. The van der Waals surface area contributed by atoms with Gasteiger partial charge in [-0.05, 0) is 12.8 Å². The molecule has 1 aliphatic rings. The molecular weight excluding hydrogens is 216 g/mol. The van der Waals surface area contributed by atoms with Gasteiger partial charge in [-0.3, -0.25) is 4.90 Å². The molecule has 1 N–H and O–H groups in total. The van der Waals surface area contributed by atoms with Gasteiger partial charge < -0.3 is 14.8 Å². The average Bonchev–Trinajstić information content (AvgIpc) is 2.38. The van der Waals surface area contributed by atoms with Crippen LogP contribution in [0.1, 0.15) is 26.7 Å². The molecule has 1 aliphatic heterocycles. The van der Waals surface area contributed by atoms with E-state index >= 15 is 0 Å². The van der Waals surface area contributed by atoms with Crippen molar-refractivity contribution in [1.82, 2.24) is 10.2 Å². The fraction of sp³-hybridized carbons (Fsp3) is 1.00. The van der Waals surface area contributed by atoms with Gasteiger partial charge in [0, 0.05) is 45.9 Å². The van der Waals surface area contributed by atoms with E-state index in [4.69, 9.17) is 9.47 Å². The predicted molar refractivity (Wildman–Crippen MR) is 70.4 cm³/mol. The van der Waals surface area contributed by atoms with E-state index in [2.05, 4.69) is 24.1 Å². The van der Waals surface area contributed by atoms with Crippen molar-refractivity contribution in [3.8, 4) is 0 Å². The third-order valence-electron chi connectivity index (χ3n) is 3.96. The molecule has 0 saturated carbocycles. The summed E-state index contributed by atoms with van der Waals surface area (Å²) < 4.78 is 10.6. The van der Waals surface area contributed by atoms with Gasteiger partial charge in [-0.2, -0.15) is 0 Å². The lowest BCUT2D eigenvalue weighted by atomic mass is 9.90. The maximum atomic E-state index is 5.44. The Bertz CT molecular complexity index is 208. The molecule has 0 spiro atoms. The quantitative estimate of drug-likeness (QED) is 0.727. The molecule has 1 atom stereocenters. The van der Waals surface area contributed by atoms with Crippen LogP contribution in [0, 0.1) is 0 Å². The van der Waals surface area contributed by atoms with Crippen LogP contribution in [0.5, 0.6) is 0 Å². The number of methoxy groups -OCH3 is 2. The second-order valence-electron chi connectivity index (χ2n) is 4.96. The summed E-state index contributed by atoms with van der Waals surface area (Å²) in [5.74, 6) is 0. The Hall–Kier alpha value is -0.160. The molecule has 0 bridgehead atoms. The number of piperazine rings is 1. The first-order valence-corrected chi connectivity index (χ1v) is 6.68. The molecule has 4 heteroatoms. The Kier molecular flexibility index (Phi) is 6.41. The van der Waals surface area contributed by atoms with Crippen molar-refractivity contribution >= 4 is 0 Å². The Balaban J connectivity index is 2.48. The first kappa shape index (κ1) is 14.9. The summed E-state index contributed by atoms with van der Waals surface area (Å²) in [6, 6.07) is 0. The van der Waals surface area contributed by atoms with Gasteiger partial charge in [0.1, 0.15) is 0 Å². The first-order chi connectivity index (χ1) is 8.19. The minimum atomic E-state index is 0.185. The first-order valence-electron chi connectivity index (χ1n) is 6.68. The molecule has 0 radical (unpaired) electrons. The molecule has 1 rings (SSSR count). The number of nitrogens with zero attached hydrogens (tertiary/aromatic N) is 1. The van der Waals surface area contributed by atoms with E-state index < -0.39 is 0 Å². The molecule has 0 aromatic heterocycles. The predicted octanol–water partition coefficient (Wildman–Crippen LogP) is 1.11. The Morgan fingerprint density at radius 1 is 1.29 bits per heavy atom. The lowest BCUT2D eigenvalue weighted by molar-refractivity contribution is -0.00617. The molecule has 0 aliphatic carbocycles. The number of hydrogen-bond donors (Lipinski definition) is 1. The monoisotopic (exact) mass is 244 g/mol. The maximum Gasteiger partial charge on any atom is 0.0931 e. The fourth-order valence-corrected chi connectivity index (χ4v) is 2.59. The molecule has 0 amide bonds. The van der Waals surface area contributed by atoms with Crippen LogP contribution in [0.15, 0.2) is 0 Å². The number of rotatable bonds is 7. The highest BCUT2D eigenvalue weighted by Gasteiger charge is 2.32. The largest absolute Gasteiger partial charge is 0.382 e. The number of ether oxygens (including phenoxy) is 2. The molecule has 1 unspecified atom stereocenters. The molecule has 0 aromatic rings. The van der Waals surface area contributed by atoms with Gasteiger partial charge in [-0.1, -0.05) is 13.8 Å². The Labute approximate surface area is 106 Å². The van der Waals surface area contributed by atoms with Crippen LogP contribution in [-0.4, -0.2) is 63.5 Å². The Morgan fingerprint density at radius 2 is 2.00 bits per heavy atom. The van der Waals surface area contributed by atoms with Gasteiger partial charge in [0.2, 0.25) is 0 Å². The van der Waals surface area contributed by atoms with Crippen molar-refractivity contribution in [3.05, 3.63) is 0 Å². The van der Waals surface area contributed by atoms with Crippen molar-refractivity contribution in [2.75, 3.05) is 47.0 Å².